The van der Waals surface area contributed by atoms with Gasteiger partial charge in [0.25, 0.3) is 5.91 Å². The molecule has 0 saturated carbocycles. The number of nitrogens with zero attached hydrogens (tertiary/aromatic N) is 2. The third-order valence-corrected chi connectivity index (χ3v) is 7.21. The summed E-state index contributed by atoms with van der Waals surface area (Å²) in [5, 5.41) is 0.598. The topological polar surface area (TPSA) is 66.9 Å². The fourth-order valence-electron chi connectivity index (χ4n) is 2.96. The molecule has 1 aliphatic rings. The van der Waals surface area contributed by atoms with E-state index in [1.807, 2.05) is 0 Å². The summed E-state index contributed by atoms with van der Waals surface area (Å²) in [6.07, 6.45) is -0.770. The van der Waals surface area contributed by atoms with Crippen LogP contribution in [0.2, 0.25) is 10.0 Å². The summed E-state index contributed by atoms with van der Waals surface area (Å²) in [5.41, 5.74) is 0. The van der Waals surface area contributed by atoms with Gasteiger partial charge in [-0.1, -0.05) is 47.5 Å². The van der Waals surface area contributed by atoms with Gasteiger partial charge in [-0.05, 0) is 31.2 Å². The van der Waals surface area contributed by atoms with Gasteiger partial charge in [0, 0.05) is 26.2 Å². The quantitative estimate of drug-likeness (QED) is 0.712. The molecule has 0 spiro atoms. The first-order valence-electron chi connectivity index (χ1n) is 8.75. The van der Waals surface area contributed by atoms with E-state index in [4.69, 9.17) is 27.9 Å². The molecule has 1 atom stereocenters. The lowest BCUT2D eigenvalue weighted by atomic mass is 10.2. The van der Waals surface area contributed by atoms with Crippen LogP contribution in [0.3, 0.4) is 0 Å². The first kappa shape index (κ1) is 20.9. The highest BCUT2D eigenvalue weighted by Crippen LogP contribution is 2.32. The van der Waals surface area contributed by atoms with Gasteiger partial charge < -0.3 is 9.64 Å². The van der Waals surface area contributed by atoms with E-state index in [1.54, 1.807) is 60.4 Å². The Hall–Kier alpha value is -1.80. The first-order chi connectivity index (χ1) is 13.3. The zero-order valence-electron chi connectivity index (χ0n) is 15.2. The highest BCUT2D eigenvalue weighted by Gasteiger charge is 2.32. The maximum absolute atomic E-state index is 12.7. The fraction of sp³-hybridized carbons (Fsp3) is 0.316. The zero-order valence-corrected chi connectivity index (χ0v) is 17.5. The Balaban J connectivity index is 1.61. The van der Waals surface area contributed by atoms with Gasteiger partial charge in [0.05, 0.1) is 9.92 Å². The van der Waals surface area contributed by atoms with Crippen LogP contribution in [0.5, 0.6) is 5.75 Å². The van der Waals surface area contributed by atoms with Crippen molar-refractivity contribution in [2.45, 2.75) is 17.9 Å². The standard InChI is InChI=1S/C19H20Cl2N2O4S/c1-14(27-17-9-5-8-16(20)18(17)21)19(24)22-10-12-23(13-11-22)28(25,26)15-6-3-2-4-7-15/h2-9,14H,10-13H2,1H3/t14-/m1/s1. The molecule has 9 heteroatoms. The monoisotopic (exact) mass is 442 g/mol. The second-order valence-corrected chi connectivity index (χ2v) is 9.08. The van der Waals surface area contributed by atoms with Crippen LogP contribution in [0.1, 0.15) is 6.92 Å². The van der Waals surface area contributed by atoms with E-state index in [2.05, 4.69) is 0 Å². The SMILES string of the molecule is C[C@@H](Oc1cccc(Cl)c1Cl)C(=O)N1CCN(S(=O)(=O)c2ccccc2)CC1. The van der Waals surface area contributed by atoms with Crippen molar-refractivity contribution in [3.05, 3.63) is 58.6 Å². The van der Waals surface area contributed by atoms with Crippen LogP contribution in [0.25, 0.3) is 0 Å². The Morgan fingerprint density at radius 2 is 1.64 bits per heavy atom. The van der Waals surface area contributed by atoms with Crippen LogP contribution in [0.15, 0.2) is 53.4 Å². The molecule has 1 fully saturated rings. The molecule has 0 aromatic heterocycles. The molecule has 1 heterocycles. The van der Waals surface area contributed by atoms with Crippen molar-refractivity contribution < 1.29 is 17.9 Å². The van der Waals surface area contributed by atoms with Gasteiger partial charge in [0.2, 0.25) is 10.0 Å². The molecule has 150 valence electrons. The normalized spacial score (nSPS) is 16.6. The molecule has 1 amide bonds. The molecule has 1 saturated heterocycles. The Morgan fingerprint density at radius 3 is 2.29 bits per heavy atom. The molecule has 2 aromatic rings. The van der Waals surface area contributed by atoms with Crippen molar-refractivity contribution in [1.29, 1.82) is 0 Å². The smallest absolute Gasteiger partial charge is 0.263 e. The van der Waals surface area contributed by atoms with Gasteiger partial charge in [-0.2, -0.15) is 4.31 Å². The van der Waals surface area contributed by atoms with E-state index in [0.717, 1.165) is 0 Å². The first-order valence-corrected chi connectivity index (χ1v) is 10.9. The van der Waals surface area contributed by atoms with E-state index in [-0.39, 0.29) is 28.9 Å². The number of sulfonamides is 1. The number of piperazine rings is 1. The van der Waals surface area contributed by atoms with E-state index < -0.39 is 16.1 Å². The van der Waals surface area contributed by atoms with Crippen molar-refractivity contribution in [3.63, 3.8) is 0 Å². The van der Waals surface area contributed by atoms with Crippen molar-refractivity contribution in [3.8, 4) is 5.75 Å². The lowest BCUT2D eigenvalue weighted by molar-refractivity contribution is -0.139. The van der Waals surface area contributed by atoms with Gasteiger partial charge in [0.15, 0.2) is 6.10 Å². The predicted octanol–water partition coefficient (Wildman–Crippen LogP) is 3.29. The van der Waals surface area contributed by atoms with E-state index in [0.29, 0.717) is 23.9 Å². The van der Waals surface area contributed by atoms with Crippen molar-refractivity contribution in [2.75, 3.05) is 26.2 Å². The van der Waals surface area contributed by atoms with Crippen molar-refractivity contribution in [2.24, 2.45) is 0 Å². The molecule has 3 rings (SSSR count). The number of rotatable bonds is 5. The average Bonchev–Trinajstić information content (AvgIpc) is 2.71. The third kappa shape index (κ3) is 4.43. The molecular formula is C19H20Cl2N2O4S. The summed E-state index contributed by atoms with van der Waals surface area (Å²) in [4.78, 5) is 14.5. The summed E-state index contributed by atoms with van der Waals surface area (Å²) in [5.74, 6) is 0.105. The van der Waals surface area contributed by atoms with Crippen LogP contribution >= 0.6 is 23.2 Å². The number of hydrogen-bond donors (Lipinski definition) is 0. The molecular weight excluding hydrogens is 423 g/mol. The number of benzene rings is 2. The lowest BCUT2D eigenvalue weighted by Gasteiger charge is -2.35. The van der Waals surface area contributed by atoms with Gasteiger partial charge in [-0.3, -0.25) is 4.79 Å². The number of carbonyl (C=O) groups is 1. The molecule has 0 radical (unpaired) electrons. The van der Waals surface area contributed by atoms with Crippen LogP contribution in [-0.4, -0.2) is 55.8 Å². The second-order valence-electron chi connectivity index (χ2n) is 6.35. The molecule has 0 unspecified atom stereocenters. The highest BCUT2D eigenvalue weighted by molar-refractivity contribution is 7.89. The number of carbonyl (C=O) groups excluding carboxylic acids is 1. The molecule has 1 aliphatic heterocycles. The van der Waals surface area contributed by atoms with Gasteiger partial charge in [-0.25, -0.2) is 8.42 Å². The maximum Gasteiger partial charge on any atom is 0.263 e. The lowest BCUT2D eigenvalue weighted by Crippen LogP contribution is -2.53. The Kier molecular flexibility index (Phi) is 6.50. The molecule has 6 nitrogen and oxygen atoms in total. The van der Waals surface area contributed by atoms with Crippen molar-refractivity contribution >= 4 is 39.1 Å². The molecule has 0 N–H and O–H groups in total. The van der Waals surface area contributed by atoms with Crippen LogP contribution < -0.4 is 4.74 Å². The molecule has 2 aromatic carbocycles. The number of amides is 1. The minimum atomic E-state index is -3.56. The number of ether oxygens (including phenoxy) is 1. The minimum absolute atomic E-state index is 0.229. The van der Waals surface area contributed by atoms with Crippen molar-refractivity contribution in [1.82, 2.24) is 9.21 Å². The van der Waals surface area contributed by atoms with Gasteiger partial charge in [-0.15, -0.1) is 0 Å². The summed E-state index contributed by atoms with van der Waals surface area (Å²) >= 11 is 12.1. The van der Waals surface area contributed by atoms with E-state index in [1.165, 1.54) is 4.31 Å². The largest absolute Gasteiger partial charge is 0.479 e. The summed E-state index contributed by atoms with van der Waals surface area (Å²) in [6.45, 7) is 2.68. The molecule has 28 heavy (non-hydrogen) atoms. The summed E-state index contributed by atoms with van der Waals surface area (Å²) in [6, 6.07) is 13.2. The average molecular weight is 443 g/mol. The Morgan fingerprint density at radius 1 is 1.00 bits per heavy atom. The van der Waals surface area contributed by atoms with E-state index >= 15 is 0 Å². The van der Waals surface area contributed by atoms with Crippen LogP contribution in [-0.2, 0) is 14.8 Å². The molecule has 0 bridgehead atoms. The van der Waals surface area contributed by atoms with E-state index in [9.17, 15) is 13.2 Å². The molecule has 0 aliphatic carbocycles. The van der Waals surface area contributed by atoms with Crippen LogP contribution in [0, 0.1) is 0 Å². The highest BCUT2D eigenvalue weighted by atomic mass is 35.5. The fourth-order valence-corrected chi connectivity index (χ4v) is 4.74. The summed E-state index contributed by atoms with van der Waals surface area (Å²) in [7, 11) is -3.56. The Labute approximate surface area is 174 Å². The van der Waals surface area contributed by atoms with Crippen LogP contribution in [0.4, 0.5) is 0 Å². The Bertz CT molecular complexity index is 946. The number of hydrogen-bond acceptors (Lipinski definition) is 4. The zero-order chi connectivity index (χ0) is 20.3. The predicted molar refractivity (Wildman–Crippen MR) is 108 cm³/mol. The van der Waals surface area contributed by atoms with Gasteiger partial charge in [0.1, 0.15) is 10.8 Å². The maximum atomic E-state index is 12.7. The number of halogens is 2. The van der Waals surface area contributed by atoms with Gasteiger partial charge >= 0.3 is 0 Å². The second kappa shape index (κ2) is 8.69. The third-order valence-electron chi connectivity index (χ3n) is 4.50. The summed E-state index contributed by atoms with van der Waals surface area (Å²) < 4.78 is 32.4. The minimum Gasteiger partial charge on any atom is -0.479 e.